The number of pyridine rings is 1. The van der Waals surface area contributed by atoms with Crippen molar-refractivity contribution < 1.29 is 0 Å². The molecule has 0 fully saturated rings. The lowest BCUT2D eigenvalue weighted by molar-refractivity contribution is 0.584. The van der Waals surface area contributed by atoms with Gasteiger partial charge in [0.2, 0.25) is 0 Å². The Labute approximate surface area is 108 Å². The standard InChI is InChI=1S/C16H18N2/c1-12(2)15(17)8-5-7-14-11-10-13-6-3-4-9-16(13)18-14/h3-4,6,9-12,15H,7,17H2,1-2H3. The number of nitrogens with zero attached hydrogens (tertiary/aromatic N) is 1. The molecule has 2 aromatic rings. The third-order valence-electron chi connectivity index (χ3n) is 2.91. The molecule has 0 aliphatic heterocycles. The van der Waals surface area contributed by atoms with E-state index in [0.29, 0.717) is 12.3 Å². The van der Waals surface area contributed by atoms with Crippen molar-refractivity contribution in [3.63, 3.8) is 0 Å². The van der Waals surface area contributed by atoms with Gasteiger partial charge in [0, 0.05) is 5.39 Å². The molecule has 0 amide bonds. The number of nitrogens with two attached hydrogens (primary N) is 1. The first-order chi connectivity index (χ1) is 8.66. The first kappa shape index (κ1) is 12.6. The Morgan fingerprint density at radius 1 is 1.17 bits per heavy atom. The molecular formula is C16H18N2. The lowest BCUT2D eigenvalue weighted by atomic mass is 10.1. The molecule has 2 N–H and O–H groups in total. The number of fused-ring (bicyclic) bond motifs is 1. The van der Waals surface area contributed by atoms with Crippen LogP contribution in [0, 0.1) is 17.8 Å². The smallest absolute Gasteiger partial charge is 0.0705 e. The van der Waals surface area contributed by atoms with Gasteiger partial charge < -0.3 is 5.73 Å². The highest BCUT2D eigenvalue weighted by molar-refractivity contribution is 5.78. The molecule has 1 aromatic carbocycles. The molecule has 0 spiro atoms. The van der Waals surface area contributed by atoms with Crippen LogP contribution < -0.4 is 5.73 Å². The van der Waals surface area contributed by atoms with E-state index in [1.165, 1.54) is 0 Å². The molecule has 1 atom stereocenters. The zero-order valence-electron chi connectivity index (χ0n) is 10.9. The zero-order valence-corrected chi connectivity index (χ0v) is 10.9. The van der Waals surface area contributed by atoms with E-state index in [2.05, 4.69) is 42.8 Å². The van der Waals surface area contributed by atoms with Crippen LogP contribution in [-0.4, -0.2) is 11.0 Å². The summed E-state index contributed by atoms with van der Waals surface area (Å²) in [6.07, 6.45) is 0.658. The van der Waals surface area contributed by atoms with Crippen LogP contribution >= 0.6 is 0 Å². The van der Waals surface area contributed by atoms with Gasteiger partial charge in [0.1, 0.15) is 0 Å². The van der Waals surface area contributed by atoms with E-state index >= 15 is 0 Å². The van der Waals surface area contributed by atoms with Gasteiger partial charge in [-0.15, -0.1) is 0 Å². The summed E-state index contributed by atoms with van der Waals surface area (Å²) in [7, 11) is 0. The first-order valence-corrected chi connectivity index (χ1v) is 6.25. The highest BCUT2D eigenvalue weighted by Crippen LogP contribution is 2.11. The molecule has 2 nitrogen and oxygen atoms in total. The summed E-state index contributed by atoms with van der Waals surface area (Å²) in [5.41, 5.74) is 7.89. The highest BCUT2D eigenvalue weighted by atomic mass is 14.7. The summed E-state index contributed by atoms with van der Waals surface area (Å²) in [5.74, 6) is 6.57. The first-order valence-electron chi connectivity index (χ1n) is 6.25. The number of para-hydroxylation sites is 1. The molecule has 92 valence electrons. The molecule has 0 aliphatic rings. The molecule has 0 saturated heterocycles. The molecule has 0 saturated carbocycles. The van der Waals surface area contributed by atoms with Gasteiger partial charge in [0.15, 0.2) is 0 Å². The van der Waals surface area contributed by atoms with Crippen molar-refractivity contribution in [2.24, 2.45) is 11.7 Å². The number of hydrogen-bond acceptors (Lipinski definition) is 2. The van der Waals surface area contributed by atoms with Crippen LogP contribution in [0.15, 0.2) is 36.4 Å². The minimum absolute atomic E-state index is 0.0505. The lowest BCUT2D eigenvalue weighted by Crippen LogP contribution is -2.24. The van der Waals surface area contributed by atoms with Crippen molar-refractivity contribution in [2.75, 3.05) is 0 Å². The predicted octanol–water partition coefficient (Wildman–Crippen LogP) is 2.76. The average Bonchev–Trinajstić information content (AvgIpc) is 2.38. The maximum absolute atomic E-state index is 5.88. The fourth-order valence-corrected chi connectivity index (χ4v) is 1.63. The van der Waals surface area contributed by atoms with E-state index in [4.69, 9.17) is 5.73 Å². The van der Waals surface area contributed by atoms with Crippen molar-refractivity contribution in [3.05, 3.63) is 42.1 Å². The van der Waals surface area contributed by atoms with Gasteiger partial charge in [-0.05, 0) is 18.1 Å². The maximum Gasteiger partial charge on any atom is 0.0705 e. The molecule has 0 aliphatic carbocycles. The largest absolute Gasteiger partial charge is 0.317 e. The summed E-state index contributed by atoms with van der Waals surface area (Å²) in [6.45, 7) is 4.15. The van der Waals surface area contributed by atoms with Crippen molar-refractivity contribution in [2.45, 2.75) is 26.3 Å². The van der Waals surface area contributed by atoms with Gasteiger partial charge in [0.25, 0.3) is 0 Å². The topological polar surface area (TPSA) is 38.9 Å². The molecule has 1 heterocycles. The summed E-state index contributed by atoms with van der Waals surface area (Å²) >= 11 is 0. The maximum atomic E-state index is 5.88. The zero-order chi connectivity index (χ0) is 13.0. The lowest BCUT2D eigenvalue weighted by Gasteiger charge is -2.06. The third-order valence-corrected chi connectivity index (χ3v) is 2.91. The quantitative estimate of drug-likeness (QED) is 0.817. The SMILES string of the molecule is CC(C)C(N)C#CCc1ccc2ccccc2n1. The van der Waals surface area contributed by atoms with E-state index < -0.39 is 0 Å². The van der Waals surface area contributed by atoms with Gasteiger partial charge in [-0.3, -0.25) is 4.98 Å². The van der Waals surface area contributed by atoms with Crippen LogP contribution in [-0.2, 0) is 6.42 Å². The van der Waals surface area contributed by atoms with Crippen LogP contribution in [0.25, 0.3) is 10.9 Å². The summed E-state index contributed by atoms with van der Waals surface area (Å²) < 4.78 is 0. The van der Waals surface area contributed by atoms with Gasteiger partial charge >= 0.3 is 0 Å². The Bertz CT molecular complexity index is 591. The minimum atomic E-state index is -0.0505. The molecule has 2 rings (SSSR count). The summed E-state index contributed by atoms with van der Waals surface area (Å²) in [6, 6.07) is 12.2. The van der Waals surface area contributed by atoms with Crippen molar-refractivity contribution in [1.29, 1.82) is 0 Å². The minimum Gasteiger partial charge on any atom is -0.317 e. The molecule has 1 aromatic heterocycles. The van der Waals surface area contributed by atoms with Crippen LogP contribution in [0.2, 0.25) is 0 Å². The van der Waals surface area contributed by atoms with Crippen LogP contribution in [0.4, 0.5) is 0 Å². The third kappa shape index (κ3) is 3.09. The van der Waals surface area contributed by atoms with Gasteiger partial charge in [-0.1, -0.05) is 50.0 Å². The number of rotatable bonds is 2. The highest BCUT2D eigenvalue weighted by Gasteiger charge is 2.02. The fourth-order valence-electron chi connectivity index (χ4n) is 1.63. The molecular weight excluding hydrogens is 220 g/mol. The van der Waals surface area contributed by atoms with Crippen molar-refractivity contribution in [1.82, 2.24) is 4.98 Å². The van der Waals surface area contributed by atoms with E-state index in [1.807, 2.05) is 24.3 Å². The van der Waals surface area contributed by atoms with Crippen LogP contribution in [0.1, 0.15) is 19.5 Å². The second-order valence-corrected chi connectivity index (χ2v) is 4.76. The molecule has 2 heteroatoms. The summed E-state index contributed by atoms with van der Waals surface area (Å²) in [5, 5.41) is 1.16. The van der Waals surface area contributed by atoms with Crippen LogP contribution in [0.5, 0.6) is 0 Å². The monoisotopic (exact) mass is 238 g/mol. The van der Waals surface area contributed by atoms with E-state index in [-0.39, 0.29) is 6.04 Å². The Hall–Kier alpha value is -1.85. The normalized spacial score (nSPS) is 12.2. The Morgan fingerprint density at radius 2 is 1.94 bits per heavy atom. The summed E-state index contributed by atoms with van der Waals surface area (Å²) in [4.78, 5) is 4.57. The van der Waals surface area contributed by atoms with E-state index in [1.54, 1.807) is 0 Å². The van der Waals surface area contributed by atoms with Crippen LogP contribution in [0.3, 0.4) is 0 Å². The van der Waals surface area contributed by atoms with Crippen molar-refractivity contribution in [3.8, 4) is 11.8 Å². The Kier molecular flexibility index (Phi) is 3.96. The fraction of sp³-hybridized carbons (Fsp3) is 0.312. The number of benzene rings is 1. The molecule has 0 bridgehead atoms. The molecule has 18 heavy (non-hydrogen) atoms. The van der Waals surface area contributed by atoms with E-state index in [9.17, 15) is 0 Å². The average molecular weight is 238 g/mol. The second kappa shape index (κ2) is 5.66. The Morgan fingerprint density at radius 3 is 2.72 bits per heavy atom. The molecule has 1 unspecified atom stereocenters. The van der Waals surface area contributed by atoms with E-state index in [0.717, 1.165) is 16.6 Å². The Balaban J connectivity index is 2.13. The predicted molar refractivity (Wildman–Crippen MR) is 76.0 cm³/mol. The number of hydrogen-bond donors (Lipinski definition) is 1. The van der Waals surface area contributed by atoms with Crippen molar-refractivity contribution >= 4 is 10.9 Å². The van der Waals surface area contributed by atoms with Gasteiger partial charge in [-0.2, -0.15) is 0 Å². The van der Waals surface area contributed by atoms with Gasteiger partial charge in [0.05, 0.1) is 23.7 Å². The van der Waals surface area contributed by atoms with Gasteiger partial charge in [-0.25, -0.2) is 0 Å². The molecule has 0 radical (unpaired) electrons. The second-order valence-electron chi connectivity index (χ2n) is 4.76. The number of aromatic nitrogens is 1.